The van der Waals surface area contributed by atoms with Gasteiger partial charge in [0, 0.05) is 24.5 Å². The van der Waals surface area contributed by atoms with Gasteiger partial charge in [-0.3, -0.25) is 9.59 Å². The van der Waals surface area contributed by atoms with Crippen LogP contribution in [0.1, 0.15) is 127 Å². The quantitative estimate of drug-likeness (QED) is 0.152. The summed E-state index contributed by atoms with van der Waals surface area (Å²) in [5.74, 6) is -0.708. The Bertz CT molecular complexity index is 937. The molecule has 1 heterocycles. The predicted molar refractivity (Wildman–Crippen MR) is 158 cm³/mol. The van der Waals surface area contributed by atoms with Crippen molar-refractivity contribution in [3.8, 4) is 0 Å². The zero-order valence-electron chi connectivity index (χ0n) is 24.3. The fraction of sp³-hybridized carbons (Fsp3) is 0.688. The molecule has 1 aromatic carbocycles. The third-order valence-corrected chi connectivity index (χ3v) is 7.57. The molecule has 0 aliphatic rings. The summed E-state index contributed by atoms with van der Waals surface area (Å²) in [5, 5.41) is 16.7. The number of para-hydroxylation sites is 1. The van der Waals surface area contributed by atoms with Gasteiger partial charge in [-0.05, 0) is 25.5 Å². The smallest absolute Gasteiger partial charge is 0.268 e. The standard InChI is InChI=1S/C32H53N3O3/c1-4-5-6-7-8-9-10-11-12-13-14-15-16-17-18-21-24-33-32(38)30(26(2)36)34-31(37)29-25-27-22-19-20-23-28(27)35(29)3/h19-20,22-23,25-26,30,36H,4-18,21,24H2,1-3H3,(H,33,38)(H,34,37). The van der Waals surface area contributed by atoms with E-state index in [1.807, 2.05) is 31.3 Å². The maximum Gasteiger partial charge on any atom is 0.268 e. The molecule has 1 aromatic heterocycles. The fourth-order valence-corrected chi connectivity index (χ4v) is 5.12. The SMILES string of the molecule is CCCCCCCCCCCCCCCCCCNC(=O)C(NC(=O)c1cc2ccccc2n1C)C(C)O. The summed E-state index contributed by atoms with van der Waals surface area (Å²) in [6.45, 7) is 4.36. The Balaban J connectivity index is 1.52. The van der Waals surface area contributed by atoms with Crippen LogP contribution < -0.4 is 10.6 Å². The van der Waals surface area contributed by atoms with E-state index in [1.54, 1.807) is 10.6 Å². The Hall–Kier alpha value is -2.34. The van der Waals surface area contributed by atoms with E-state index in [1.165, 1.54) is 96.8 Å². The lowest BCUT2D eigenvalue weighted by atomic mass is 10.0. The van der Waals surface area contributed by atoms with Gasteiger partial charge in [0.2, 0.25) is 5.91 Å². The third-order valence-electron chi connectivity index (χ3n) is 7.57. The van der Waals surface area contributed by atoms with Crippen molar-refractivity contribution >= 4 is 22.7 Å². The first-order valence-electron chi connectivity index (χ1n) is 15.3. The molecule has 2 amide bonds. The summed E-state index contributed by atoms with van der Waals surface area (Å²) in [6, 6.07) is 8.56. The molecule has 6 heteroatoms. The van der Waals surface area contributed by atoms with E-state index in [9.17, 15) is 14.7 Å². The van der Waals surface area contributed by atoms with Gasteiger partial charge in [0.25, 0.3) is 5.91 Å². The van der Waals surface area contributed by atoms with Crippen molar-refractivity contribution in [2.75, 3.05) is 6.54 Å². The Labute approximate surface area is 231 Å². The summed E-state index contributed by atoms with van der Waals surface area (Å²) in [7, 11) is 1.83. The molecular weight excluding hydrogens is 474 g/mol. The van der Waals surface area contributed by atoms with Crippen LogP contribution in [0.3, 0.4) is 0 Å². The second-order valence-corrected chi connectivity index (χ2v) is 10.9. The van der Waals surface area contributed by atoms with Crippen LogP contribution in [-0.4, -0.2) is 40.2 Å². The molecule has 0 fully saturated rings. The minimum absolute atomic E-state index is 0.340. The molecule has 0 saturated heterocycles. The van der Waals surface area contributed by atoms with Gasteiger partial charge in [-0.25, -0.2) is 0 Å². The number of hydrogen-bond donors (Lipinski definition) is 3. The molecular formula is C32H53N3O3. The van der Waals surface area contributed by atoms with Gasteiger partial charge in [0.15, 0.2) is 0 Å². The van der Waals surface area contributed by atoms with Crippen LogP contribution in [0.15, 0.2) is 30.3 Å². The molecule has 2 aromatic rings. The molecule has 2 rings (SSSR count). The number of aromatic nitrogens is 1. The Morgan fingerprint density at radius 1 is 0.816 bits per heavy atom. The van der Waals surface area contributed by atoms with Crippen molar-refractivity contribution in [1.29, 1.82) is 0 Å². The van der Waals surface area contributed by atoms with Gasteiger partial charge in [-0.15, -0.1) is 0 Å². The third kappa shape index (κ3) is 11.6. The maximum absolute atomic E-state index is 12.9. The van der Waals surface area contributed by atoms with E-state index in [2.05, 4.69) is 17.6 Å². The molecule has 0 aliphatic carbocycles. The van der Waals surface area contributed by atoms with E-state index in [0.29, 0.717) is 12.2 Å². The number of carbonyl (C=O) groups excluding carboxylic acids is 2. The first kappa shape index (κ1) is 31.9. The number of aryl methyl sites for hydroxylation is 1. The van der Waals surface area contributed by atoms with Crippen LogP contribution in [0.2, 0.25) is 0 Å². The van der Waals surface area contributed by atoms with E-state index >= 15 is 0 Å². The molecule has 0 spiro atoms. The normalized spacial score (nSPS) is 12.9. The highest BCUT2D eigenvalue weighted by atomic mass is 16.3. The van der Waals surface area contributed by atoms with Crippen LogP contribution in [0.25, 0.3) is 10.9 Å². The second-order valence-electron chi connectivity index (χ2n) is 10.9. The zero-order valence-corrected chi connectivity index (χ0v) is 24.3. The van der Waals surface area contributed by atoms with Crippen LogP contribution in [0.4, 0.5) is 0 Å². The van der Waals surface area contributed by atoms with Crippen molar-refractivity contribution < 1.29 is 14.7 Å². The van der Waals surface area contributed by atoms with Crippen LogP contribution >= 0.6 is 0 Å². The van der Waals surface area contributed by atoms with Gasteiger partial charge in [-0.2, -0.15) is 0 Å². The molecule has 0 radical (unpaired) electrons. The molecule has 2 unspecified atom stereocenters. The summed E-state index contributed by atoms with van der Waals surface area (Å²) < 4.78 is 1.80. The summed E-state index contributed by atoms with van der Waals surface area (Å²) in [4.78, 5) is 25.5. The van der Waals surface area contributed by atoms with Gasteiger partial charge >= 0.3 is 0 Å². The van der Waals surface area contributed by atoms with E-state index in [-0.39, 0.29) is 11.8 Å². The number of aliphatic hydroxyl groups is 1. The first-order valence-corrected chi connectivity index (χ1v) is 15.3. The molecule has 0 aliphatic heterocycles. The molecule has 2 atom stereocenters. The molecule has 3 N–H and O–H groups in total. The molecule has 6 nitrogen and oxygen atoms in total. The first-order chi connectivity index (χ1) is 18.5. The largest absolute Gasteiger partial charge is 0.391 e. The van der Waals surface area contributed by atoms with Crippen molar-refractivity contribution in [3.63, 3.8) is 0 Å². The minimum Gasteiger partial charge on any atom is -0.391 e. The van der Waals surface area contributed by atoms with Gasteiger partial charge in [-0.1, -0.05) is 121 Å². The van der Waals surface area contributed by atoms with Crippen LogP contribution in [0, 0.1) is 0 Å². The molecule has 0 bridgehead atoms. The van der Waals surface area contributed by atoms with Gasteiger partial charge in [0.05, 0.1) is 6.10 Å². The number of nitrogens with one attached hydrogen (secondary N) is 2. The summed E-state index contributed by atoms with van der Waals surface area (Å²) in [6.07, 6.45) is 20.0. The second kappa shape index (κ2) is 18.8. The lowest BCUT2D eigenvalue weighted by Gasteiger charge is -2.21. The molecule has 214 valence electrons. The number of benzene rings is 1. The highest BCUT2D eigenvalue weighted by Gasteiger charge is 2.27. The van der Waals surface area contributed by atoms with Crippen LogP contribution in [-0.2, 0) is 11.8 Å². The van der Waals surface area contributed by atoms with E-state index in [4.69, 9.17) is 0 Å². The van der Waals surface area contributed by atoms with Gasteiger partial charge < -0.3 is 20.3 Å². The van der Waals surface area contributed by atoms with Crippen molar-refractivity contribution in [2.24, 2.45) is 7.05 Å². The minimum atomic E-state index is -0.987. The van der Waals surface area contributed by atoms with Crippen LogP contribution in [0.5, 0.6) is 0 Å². The summed E-state index contributed by atoms with van der Waals surface area (Å²) in [5.41, 5.74) is 1.40. The number of nitrogens with zero attached hydrogens (tertiary/aromatic N) is 1. The molecule has 38 heavy (non-hydrogen) atoms. The number of carbonyl (C=O) groups is 2. The van der Waals surface area contributed by atoms with Gasteiger partial charge in [0.1, 0.15) is 11.7 Å². The zero-order chi connectivity index (χ0) is 27.6. The maximum atomic E-state index is 12.9. The average Bonchev–Trinajstić information content (AvgIpc) is 3.25. The van der Waals surface area contributed by atoms with E-state index < -0.39 is 12.1 Å². The molecule has 0 saturated carbocycles. The number of rotatable bonds is 21. The highest BCUT2D eigenvalue weighted by molar-refractivity contribution is 6.00. The van der Waals surface area contributed by atoms with Crippen molar-refractivity contribution in [3.05, 3.63) is 36.0 Å². The number of amides is 2. The summed E-state index contributed by atoms with van der Waals surface area (Å²) >= 11 is 0. The lowest BCUT2D eigenvalue weighted by molar-refractivity contribution is -0.125. The predicted octanol–water partition coefficient (Wildman–Crippen LogP) is 7.04. The van der Waals surface area contributed by atoms with Crippen molar-refractivity contribution in [1.82, 2.24) is 15.2 Å². The number of fused-ring (bicyclic) bond motifs is 1. The van der Waals surface area contributed by atoms with E-state index in [0.717, 1.165) is 23.7 Å². The average molecular weight is 528 g/mol. The Morgan fingerprint density at radius 3 is 1.82 bits per heavy atom. The number of hydrogen-bond acceptors (Lipinski definition) is 3. The monoisotopic (exact) mass is 527 g/mol. The van der Waals surface area contributed by atoms with Crippen molar-refractivity contribution in [2.45, 2.75) is 129 Å². The Kier molecular flexibility index (Phi) is 15.8. The fourth-order valence-electron chi connectivity index (χ4n) is 5.12. The highest BCUT2D eigenvalue weighted by Crippen LogP contribution is 2.18. The number of aliphatic hydroxyl groups excluding tert-OH is 1. The lowest BCUT2D eigenvalue weighted by Crippen LogP contribution is -2.52. The topological polar surface area (TPSA) is 83.4 Å². The Morgan fingerprint density at radius 2 is 1.32 bits per heavy atom. The number of unbranched alkanes of at least 4 members (excludes halogenated alkanes) is 15.